The van der Waals surface area contributed by atoms with Gasteiger partial charge in [0.15, 0.2) is 11.0 Å². The first-order chi connectivity index (χ1) is 12.6. The van der Waals surface area contributed by atoms with Crippen molar-refractivity contribution in [3.8, 4) is 11.5 Å². The molecule has 0 atom stereocenters. The van der Waals surface area contributed by atoms with Gasteiger partial charge in [-0.3, -0.25) is 9.78 Å². The van der Waals surface area contributed by atoms with Gasteiger partial charge in [0.25, 0.3) is 0 Å². The lowest BCUT2D eigenvalue weighted by molar-refractivity contribution is -0.113. The first-order valence-corrected chi connectivity index (χ1v) is 9.55. The van der Waals surface area contributed by atoms with Crippen molar-refractivity contribution in [1.82, 2.24) is 19.7 Å². The van der Waals surface area contributed by atoms with E-state index in [0.29, 0.717) is 33.3 Å². The minimum atomic E-state index is -0.227. The monoisotopic (exact) mass is 407 g/mol. The molecule has 3 aromatic rings. The molecule has 1 amide bonds. The van der Waals surface area contributed by atoms with Crippen LogP contribution in [-0.2, 0) is 11.3 Å². The van der Waals surface area contributed by atoms with Crippen LogP contribution in [0.2, 0.25) is 10.0 Å². The zero-order chi connectivity index (χ0) is 18.5. The van der Waals surface area contributed by atoms with Gasteiger partial charge < -0.3 is 9.88 Å². The van der Waals surface area contributed by atoms with Gasteiger partial charge in [-0.1, -0.05) is 47.1 Å². The molecule has 0 saturated heterocycles. The Kier molecular flexibility index (Phi) is 6.13. The van der Waals surface area contributed by atoms with E-state index < -0.39 is 0 Å². The number of hydrogen-bond donors (Lipinski definition) is 1. The maximum Gasteiger partial charge on any atom is 0.234 e. The third-order valence-electron chi connectivity index (χ3n) is 3.49. The van der Waals surface area contributed by atoms with Crippen LogP contribution in [0.15, 0.2) is 47.8 Å². The highest BCUT2D eigenvalue weighted by atomic mass is 35.5. The second-order valence-corrected chi connectivity index (χ2v) is 6.96. The van der Waals surface area contributed by atoms with Crippen LogP contribution in [0.5, 0.6) is 0 Å². The second kappa shape index (κ2) is 8.53. The molecule has 0 saturated carbocycles. The van der Waals surface area contributed by atoms with E-state index in [1.165, 1.54) is 11.8 Å². The fourth-order valence-corrected chi connectivity index (χ4v) is 3.58. The largest absolute Gasteiger partial charge is 0.323 e. The van der Waals surface area contributed by atoms with Crippen LogP contribution in [0.4, 0.5) is 5.69 Å². The van der Waals surface area contributed by atoms with Gasteiger partial charge in [-0.2, -0.15) is 0 Å². The van der Waals surface area contributed by atoms with E-state index in [1.54, 1.807) is 24.4 Å². The molecule has 0 bridgehead atoms. The summed E-state index contributed by atoms with van der Waals surface area (Å²) in [6.45, 7) is 2.66. The van der Waals surface area contributed by atoms with Crippen LogP contribution in [-0.4, -0.2) is 31.4 Å². The maximum absolute atomic E-state index is 12.2. The van der Waals surface area contributed by atoms with E-state index in [1.807, 2.05) is 29.7 Å². The average molecular weight is 408 g/mol. The highest BCUT2D eigenvalue weighted by molar-refractivity contribution is 7.99. The number of benzene rings is 1. The number of nitrogens with zero attached hydrogens (tertiary/aromatic N) is 4. The van der Waals surface area contributed by atoms with Crippen LogP contribution in [0.1, 0.15) is 6.92 Å². The number of aromatic nitrogens is 4. The van der Waals surface area contributed by atoms with Gasteiger partial charge in [-0.15, -0.1) is 10.2 Å². The lowest BCUT2D eigenvalue weighted by Crippen LogP contribution is -2.15. The molecule has 1 aromatic carbocycles. The molecule has 9 heteroatoms. The number of thioether (sulfide) groups is 1. The molecule has 0 spiro atoms. The Labute approximate surface area is 164 Å². The van der Waals surface area contributed by atoms with E-state index in [-0.39, 0.29) is 11.7 Å². The molecule has 6 nitrogen and oxygen atoms in total. The van der Waals surface area contributed by atoms with Crippen molar-refractivity contribution >= 4 is 46.6 Å². The van der Waals surface area contributed by atoms with Crippen molar-refractivity contribution in [3.63, 3.8) is 0 Å². The third-order valence-corrected chi connectivity index (χ3v) is 5.08. The minimum Gasteiger partial charge on any atom is -0.323 e. The molecule has 0 unspecified atom stereocenters. The SMILES string of the molecule is CCn1c(SCC(=O)Nc2c(Cl)cccc2Cl)nnc1-c1ccccn1. The average Bonchev–Trinajstić information content (AvgIpc) is 3.07. The van der Waals surface area contributed by atoms with Crippen molar-refractivity contribution in [1.29, 1.82) is 0 Å². The van der Waals surface area contributed by atoms with Crippen molar-refractivity contribution in [3.05, 3.63) is 52.6 Å². The summed E-state index contributed by atoms with van der Waals surface area (Å²) in [5.41, 5.74) is 1.15. The summed E-state index contributed by atoms with van der Waals surface area (Å²) in [6.07, 6.45) is 1.71. The molecule has 0 aliphatic carbocycles. The van der Waals surface area contributed by atoms with E-state index in [4.69, 9.17) is 23.2 Å². The molecular weight excluding hydrogens is 393 g/mol. The van der Waals surface area contributed by atoms with Gasteiger partial charge in [0, 0.05) is 12.7 Å². The molecule has 3 rings (SSSR count). The number of anilines is 1. The van der Waals surface area contributed by atoms with E-state index in [9.17, 15) is 4.79 Å². The van der Waals surface area contributed by atoms with E-state index >= 15 is 0 Å². The topological polar surface area (TPSA) is 72.7 Å². The number of para-hydroxylation sites is 1. The lowest BCUT2D eigenvalue weighted by Gasteiger charge is -2.09. The summed E-state index contributed by atoms with van der Waals surface area (Å²) >= 11 is 13.4. The quantitative estimate of drug-likeness (QED) is 0.613. The van der Waals surface area contributed by atoms with Gasteiger partial charge in [0.05, 0.1) is 21.5 Å². The minimum absolute atomic E-state index is 0.155. The standard InChI is InChI=1S/C17H15Cl2N5OS/c1-2-24-16(13-8-3-4-9-20-13)22-23-17(24)26-10-14(25)21-15-11(18)6-5-7-12(15)19/h3-9H,2,10H2,1H3,(H,21,25). The normalized spacial score (nSPS) is 10.7. The molecule has 0 fully saturated rings. The fourth-order valence-electron chi connectivity index (χ4n) is 2.29. The molecule has 0 aliphatic rings. The summed E-state index contributed by atoms with van der Waals surface area (Å²) in [4.78, 5) is 16.5. The maximum atomic E-state index is 12.2. The number of amides is 1. The Hall–Kier alpha value is -2.09. The van der Waals surface area contributed by atoms with Crippen LogP contribution >= 0.6 is 35.0 Å². The number of nitrogens with one attached hydrogen (secondary N) is 1. The molecule has 2 heterocycles. The predicted octanol–water partition coefficient (Wildman–Crippen LogP) is 4.40. The number of carbonyl (C=O) groups is 1. The predicted molar refractivity (Wildman–Crippen MR) is 105 cm³/mol. The smallest absolute Gasteiger partial charge is 0.234 e. The molecule has 0 radical (unpaired) electrons. The fraction of sp³-hybridized carbons (Fsp3) is 0.176. The highest BCUT2D eigenvalue weighted by Crippen LogP contribution is 2.30. The van der Waals surface area contributed by atoms with Gasteiger partial charge in [0.1, 0.15) is 5.69 Å². The Morgan fingerprint density at radius 2 is 1.92 bits per heavy atom. The van der Waals surface area contributed by atoms with Crippen molar-refractivity contribution in [2.24, 2.45) is 0 Å². The number of pyridine rings is 1. The summed E-state index contributed by atoms with van der Waals surface area (Å²) < 4.78 is 1.92. The Balaban J connectivity index is 1.70. The van der Waals surface area contributed by atoms with Crippen molar-refractivity contribution in [2.45, 2.75) is 18.6 Å². The summed E-state index contributed by atoms with van der Waals surface area (Å²) in [6, 6.07) is 10.7. The van der Waals surface area contributed by atoms with Crippen molar-refractivity contribution in [2.75, 3.05) is 11.1 Å². The lowest BCUT2D eigenvalue weighted by atomic mass is 10.3. The number of carbonyl (C=O) groups excluding carboxylic acids is 1. The zero-order valence-corrected chi connectivity index (χ0v) is 16.1. The number of hydrogen-bond acceptors (Lipinski definition) is 5. The summed E-state index contributed by atoms with van der Waals surface area (Å²) in [5, 5.41) is 12.5. The Morgan fingerprint density at radius 3 is 2.58 bits per heavy atom. The van der Waals surface area contributed by atoms with Gasteiger partial charge >= 0.3 is 0 Å². The van der Waals surface area contributed by atoms with Crippen LogP contribution in [0.3, 0.4) is 0 Å². The molecule has 0 aliphatic heterocycles. The molecule has 2 aromatic heterocycles. The number of halogens is 2. The first kappa shape index (κ1) is 18.7. The van der Waals surface area contributed by atoms with Gasteiger partial charge in [-0.05, 0) is 31.2 Å². The van der Waals surface area contributed by atoms with Gasteiger partial charge in [0.2, 0.25) is 5.91 Å². The number of rotatable bonds is 6. The van der Waals surface area contributed by atoms with Crippen LogP contribution < -0.4 is 5.32 Å². The third kappa shape index (κ3) is 4.17. The Morgan fingerprint density at radius 1 is 1.15 bits per heavy atom. The highest BCUT2D eigenvalue weighted by Gasteiger charge is 2.16. The summed E-state index contributed by atoms with van der Waals surface area (Å²) in [7, 11) is 0. The Bertz CT molecular complexity index is 897. The zero-order valence-electron chi connectivity index (χ0n) is 13.8. The first-order valence-electron chi connectivity index (χ1n) is 7.81. The molecule has 1 N–H and O–H groups in total. The second-order valence-electron chi connectivity index (χ2n) is 5.20. The van der Waals surface area contributed by atoms with Crippen LogP contribution in [0.25, 0.3) is 11.5 Å². The van der Waals surface area contributed by atoms with Crippen molar-refractivity contribution < 1.29 is 4.79 Å². The van der Waals surface area contributed by atoms with Crippen LogP contribution in [0, 0.1) is 0 Å². The molecule has 26 heavy (non-hydrogen) atoms. The molecule has 134 valence electrons. The van der Waals surface area contributed by atoms with E-state index in [2.05, 4.69) is 20.5 Å². The summed E-state index contributed by atoms with van der Waals surface area (Å²) in [5.74, 6) is 0.599. The molecular formula is C17H15Cl2N5OS. The van der Waals surface area contributed by atoms with E-state index in [0.717, 1.165) is 5.69 Å². The van der Waals surface area contributed by atoms with Gasteiger partial charge in [-0.25, -0.2) is 0 Å².